The fourth-order valence-electron chi connectivity index (χ4n) is 5.79. The summed E-state index contributed by atoms with van der Waals surface area (Å²) < 4.78 is 26.7. The van der Waals surface area contributed by atoms with E-state index in [4.69, 9.17) is 0 Å². The molecule has 2 aromatic rings. The first-order valence-electron chi connectivity index (χ1n) is 10.9. The van der Waals surface area contributed by atoms with E-state index in [2.05, 4.69) is 26.1 Å². The molecule has 1 N–H and O–H groups in total. The number of sulfone groups is 1. The number of nitrogens with one attached hydrogen (secondary N) is 1. The van der Waals surface area contributed by atoms with Crippen molar-refractivity contribution in [2.75, 3.05) is 0 Å². The highest BCUT2D eigenvalue weighted by Crippen LogP contribution is 2.61. The molecule has 1 heterocycles. The molecule has 4 aliphatic rings. The second kappa shape index (κ2) is 7.91. The Labute approximate surface area is 191 Å². The maximum Gasteiger partial charge on any atom is 0.215 e. The third-order valence-electron chi connectivity index (χ3n) is 8.03. The van der Waals surface area contributed by atoms with Gasteiger partial charge in [-0.15, -0.1) is 23.7 Å². The van der Waals surface area contributed by atoms with Gasteiger partial charge >= 0.3 is 0 Å². The smallest absolute Gasteiger partial charge is 0.215 e. The highest BCUT2D eigenvalue weighted by Gasteiger charge is 2.56. The van der Waals surface area contributed by atoms with Crippen LogP contribution in [0, 0.1) is 23.2 Å². The molecule has 2 bridgehead atoms. The molecule has 0 amide bonds. The minimum atomic E-state index is -3.43. The Morgan fingerprint density at radius 1 is 1.13 bits per heavy atom. The third-order valence-corrected chi connectivity index (χ3v) is 11.4. The number of thiophene rings is 1. The minimum Gasteiger partial charge on any atom is -0.309 e. The van der Waals surface area contributed by atoms with Crippen LogP contribution in [0.5, 0.6) is 0 Å². The zero-order valence-electron chi connectivity index (χ0n) is 17.9. The van der Waals surface area contributed by atoms with E-state index in [0.29, 0.717) is 32.4 Å². The quantitative estimate of drug-likeness (QED) is 0.565. The lowest BCUT2D eigenvalue weighted by Crippen LogP contribution is -2.59. The minimum absolute atomic E-state index is 0. The van der Waals surface area contributed by atoms with Gasteiger partial charge in [-0.25, -0.2) is 8.42 Å². The predicted octanol–water partition coefficient (Wildman–Crippen LogP) is 6.04. The molecule has 0 radical (unpaired) electrons. The van der Waals surface area contributed by atoms with Gasteiger partial charge in [-0.1, -0.05) is 39.0 Å². The van der Waals surface area contributed by atoms with Gasteiger partial charge in [0.25, 0.3) is 0 Å². The molecule has 1 aromatic heterocycles. The second-order valence-electron chi connectivity index (χ2n) is 9.98. The summed E-state index contributed by atoms with van der Waals surface area (Å²) in [6, 6.07) is 11.4. The fraction of sp³-hybridized carbons (Fsp3) is 0.583. The molecule has 0 spiro atoms. The second-order valence-corrected chi connectivity index (χ2v) is 13.3. The number of hydrogen-bond acceptors (Lipinski definition) is 4. The molecule has 3 nitrogen and oxygen atoms in total. The summed E-state index contributed by atoms with van der Waals surface area (Å²) in [4.78, 5) is 1.62. The summed E-state index contributed by atoms with van der Waals surface area (Å²) in [6.45, 7) is 8.07. The summed E-state index contributed by atoms with van der Waals surface area (Å²) in [6.07, 6.45) is 5.02. The molecule has 4 fully saturated rings. The maximum absolute atomic E-state index is 13.1. The number of hydrogen-bond donors (Lipinski definition) is 1. The Balaban J connectivity index is 0.00000218. The first-order chi connectivity index (χ1) is 13.8. The molecule has 0 unspecified atom stereocenters. The summed E-state index contributed by atoms with van der Waals surface area (Å²) in [7, 11) is -3.43. The molecule has 4 aliphatic carbocycles. The van der Waals surface area contributed by atoms with Crippen molar-refractivity contribution >= 4 is 33.6 Å². The van der Waals surface area contributed by atoms with Crippen molar-refractivity contribution in [2.45, 2.75) is 74.1 Å². The molecule has 1 aromatic carbocycles. The van der Waals surface area contributed by atoms with Crippen LogP contribution >= 0.6 is 23.7 Å². The van der Waals surface area contributed by atoms with Crippen LogP contribution in [0.3, 0.4) is 0 Å². The average Bonchev–Trinajstić information content (AvgIpc) is 3.46. The van der Waals surface area contributed by atoms with Crippen LogP contribution in [-0.4, -0.2) is 14.5 Å². The van der Waals surface area contributed by atoms with E-state index in [0.717, 1.165) is 18.4 Å². The van der Waals surface area contributed by atoms with Gasteiger partial charge in [0.1, 0.15) is 4.21 Å². The fourth-order valence-corrected chi connectivity index (χ4v) is 8.77. The van der Waals surface area contributed by atoms with Crippen LogP contribution in [0.15, 0.2) is 45.5 Å². The van der Waals surface area contributed by atoms with Crippen LogP contribution in [0.4, 0.5) is 0 Å². The van der Waals surface area contributed by atoms with Gasteiger partial charge < -0.3 is 5.32 Å². The van der Waals surface area contributed by atoms with E-state index in [-0.39, 0.29) is 12.4 Å². The van der Waals surface area contributed by atoms with Crippen LogP contribution in [0.2, 0.25) is 0 Å². The molecule has 0 saturated heterocycles. The molecule has 30 heavy (non-hydrogen) atoms. The van der Waals surface area contributed by atoms with Gasteiger partial charge in [-0.2, -0.15) is 0 Å². The van der Waals surface area contributed by atoms with E-state index in [1.807, 2.05) is 12.1 Å². The molecule has 6 heteroatoms. The van der Waals surface area contributed by atoms with E-state index in [1.165, 1.54) is 47.5 Å². The van der Waals surface area contributed by atoms with Crippen LogP contribution in [-0.2, 0) is 16.4 Å². The van der Waals surface area contributed by atoms with E-state index >= 15 is 0 Å². The summed E-state index contributed by atoms with van der Waals surface area (Å²) >= 11 is 1.48. The summed E-state index contributed by atoms with van der Waals surface area (Å²) in [5.41, 5.74) is 1.77. The van der Waals surface area contributed by atoms with Crippen molar-refractivity contribution in [2.24, 2.45) is 23.2 Å². The topological polar surface area (TPSA) is 46.2 Å². The number of rotatable bonds is 6. The highest BCUT2D eigenvalue weighted by atomic mass is 35.5. The Morgan fingerprint density at radius 3 is 2.43 bits per heavy atom. The molecule has 4 atom stereocenters. The number of halogens is 1. The molecular weight excluding hydrogens is 434 g/mol. The van der Waals surface area contributed by atoms with Crippen LogP contribution < -0.4 is 5.32 Å². The first kappa shape index (κ1) is 22.3. The zero-order chi connectivity index (χ0) is 20.4. The van der Waals surface area contributed by atoms with Gasteiger partial charge in [0.2, 0.25) is 9.84 Å². The Bertz CT molecular complexity index is 1010. The number of fused-ring (bicyclic) bond motifs is 2. The van der Waals surface area contributed by atoms with Crippen molar-refractivity contribution in [3.05, 3.63) is 46.8 Å². The van der Waals surface area contributed by atoms with Crippen molar-refractivity contribution < 1.29 is 8.42 Å². The Hall–Kier alpha value is -0.880. The van der Waals surface area contributed by atoms with E-state index < -0.39 is 9.84 Å². The lowest BCUT2D eigenvalue weighted by atomic mass is 9.45. The molecular formula is C24H32ClNO2S2. The van der Waals surface area contributed by atoms with Crippen LogP contribution in [0.25, 0.3) is 0 Å². The number of benzene rings is 1. The molecule has 164 valence electrons. The monoisotopic (exact) mass is 465 g/mol. The van der Waals surface area contributed by atoms with Gasteiger partial charge in [-0.05, 0) is 78.5 Å². The van der Waals surface area contributed by atoms with E-state index in [1.54, 1.807) is 24.3 Å². The Kier molecular flexibility index (Phi) is 5.89. The normalized spacial score (nSPS) is 29.7. The maximum atomic E-state index is 13.1. The molecule has 6 rings (SSSR count). The average molecular weight is 466 g/mol. The molecule has 4 saturated carbocycles. The standard InChI is InChI=1S/C24H31NO2S2.ClH/c1-15-20-11-17(24(20,2)3)12-21(15)25-14-22-19(16-9-10-16)13-23(28-22)29(26,27)18-7-5-4-6-8-18;/h4-8,13,15-17,20-21,25H,9-12,14H2,1-3H3;1H/t15-,17+,20-,21-;/m1./s1. The van der Waals surface area contributed by atoms with Crippen molar-refractivity contribution in [3.8, 4) is 0 Å². The highest BCUT2D eigenvalue weighted by molar-refractivity contribution is 7.93. The predicted molar refractivity (Wildman–Crippen MR) is 125 cm³/mol. The van der Waals surface area contributed by atoms with Gasteiger partial charge in [0, 0.05) is 17.5 Å². The summed E-state index contributed by atoms with van der Waals surface area (Å²) in [5.74, 6) is 2.89. The lowest BCUT2D eigenvalue weighted by Gasteiger charge is -2.62. The third kappa shape index (κ3) is 3.66. The van der Waals surface area contributed by atoms with Crippen molar-refractivity contribution in [3.63, 3.8) is 0 Å². The SMILES string of the molecule is C[C@@H]1[C@H]2C[C@@H](C[C@H]1NCc1sc(S(=O)(=O)c3ccccc3)cc1C1CC1)C2(C)C.Cl. The van der Waals surface area contributed by atoms with Crippen molar-refractivity contribution in [1.29, 1.82) is 0 Å². The largest absolute Gasteiger partial charge is 0.309 e. The van der Waals surface area contributed by atoms with E-state index in [9.17, 15) is 8.42 Å². The van der Waals surface area contributed by atoms with Gasteiger partial charge in [0.15, 0.2) is 0 Å². The van der Waals surface area contributed by atoms with Gasteiger partial charge in [0.05, 0.1) is 4.90 Å². The summed E-state index contributed by atoms with van der Waals surface area (Å²) in [5, 5.41) is 3.83. The molecule has 0 aliphatic heterocycles. The zero-order valence-corrected chi connectivity index (χ0v) is 20.4. The van der Waals surface area contributed by atoms with Crippen LogP contribution in [0.1, 0.15) is 62.8 Å². The van der Waals surface area contributed by atoms with Crippen molar-refractivity contribution in [1.82, 2.24) is 5.32 Å². The van der Waals surface area contributed by atoms with Gasteiger partial charge in [-0.3, -0.25) is 0 Å². The Morgan fingerprint density at radius 2 is 1.83 bits per heavy atom. The lowest BCUT2D eigenvalue weighted by molar-refractivity contribution is -0.115. The first-order valence-corrected chi connectivity index (χ1v) is 13.2.